The van der Waals surface area contributed by atoms with Gasteiger partial charge in [-0.05, 0) is 50.3 Å². The van der Waals surface area contributed by atoms with Crippen LogP contribution in [0.5, 0.6) is 11.5 Å². The average Bonchev–Trinajstić information content (AvgIpc) is 3.28. The third kappa shape index (κ3) is 4.69. The number of hydrogen-bond donors (Lipinski definition) is 2. The Bertz CT molecular complexity index is 1330. The first-order valence-electron chi connectivity index (χ1n) is 10.2. The predicted octanol–water partition coefficient (Wildman–Crippen LogP) is 5.43. The van der Waals surface area contributed by atoms with E-state index in [2.05, 4.69) is 35.4 Å². The number of halogens is 3. The van der Waals surface area contributed by atoms with Crippen LogP contribution in [0.3, 0.4) is 0 Å². The van der Waals surface area contributed by atoms with Crippen molar-refractivity contribution in [1.82, 2.24) is 4.98 Å². The normalized spacial score (nSPS) is 15.6. The molecule has 0 unspecified atom stereocenters. The Morgan fingerprint density at radius 2 is 1.88 bits per heavy atom. The average molecular weight is 534 g/mol. The lowest BCUT2D eigenvalue weighted by atomic mass is 9.95. The molecular formula is C24H22BrF2N3O4. The molecule has 0 fully saturated rings. The molecule has 2 heterocycles. The molecule has 178 valence electrons. The summed E-state index contributed by atoms with van der Waals surface area (Å²) in [5.41, 5.74) is 7.80. The van der Waals surface area contributed by atoms with Crippen molar-refractivity contribution in [1.29, 1.82) is 0 Å². The number of benzene rings is 2. The molecule has 1 aliphatic heterocycles. The highest BCUT2D eigenvalue weighted by Crippen LogP contribution is 2.44. The Labute approximate surface area is 203 Å². The highest BCUT2D eigenvalue weighted by atomic mass is 79.9. The molecule has 1 aromatic heterocycles. The van der Waals surface area contributed by atoms with Crippen LogP contribution in [0.25, 0.3) is 22.6 Å². The second-order valence-electron chi connectivity index (χ2n) is 8.20. The highest BCUT2D eigenvalue weighted by molar-refractivity contribution is 9.10. The van der Waals surface area contributed by atoms with E-state index in [4.69, 9.17) is 10.2 Å². The Hall–Kier alpha value is -3.24. The third-order valence-electron chi connectivity index (χ3n) is 5.15. The van der Waals surface area contributed by atoms with Crippen molar-refractivity contribution in [3.63, 3.8) is 0 Å². The largest absolute Gasteiger partial charge is 0.586 e. The Kier molecular flexibility index (Phi) is 5.99. The molecule has 0 bridgehead atoms. The smallest absolute Gasteiger partial charge is 0.440 e. The van der Waals surface area contributed by atoms with Gasteiger partial charge in [-0.3, -0.25) is 4.99 Å². The second-order valence-corrected chi connectivity index (χ2v) is 9.11. The zero-order valence-corrected chi connectivity index (χ0v) is 20.4. The monoisotopic (exact) mass is 533 g/mol. The molecule has 2 aromatic carbocycles. The number of aryl methyl sites for hydroxylation is 1. The van der Waals surface area contributed by atoms with E-state index in [0.29, 0.717) is 39.7 Å². The molecule has 0 saturated carbocycles. The Morgan fingerprint density at radius 3 is 2.56 bits per heavy atom. The molecular weight excluding hydrogens is 512 g/mol. The molecule has 0 aliphatic carbocycles. The van der Waals surface area contributed by atoms with Crippen LogP contribution in [-0.4, -0.2) is 34.7 Å². The lowest BCUT2D eigenvalue weighted by Gasteiger charge is -2.18. The maximum Gasteiger partial charge on any atom is 0.586 e. The van der Waals surface area contributed by atoms with Gasteiger partial charge in [-0.2, -0.15) is 0 Å². The fourth-order valence-electron chi connectivity index (χ4n) is 3.42. The summed E-state index contributed by atoms with van der Waals surface area (Å²) in [7, 11) is 1.61. The number of aromatic nitrogens is 1. The molecule has 7 nitrogen and oxygen atoms in total. The topological polar surface area (TPSA) is 103 Å². The van der Waals surface area contributed by atoms with E-state index in [1.165, 1.54) is 12.1 Å². The van der Waals surface area contributed by atoms with Gasteiger partial charge in [0.15, 0.2) is 23.1 Å². The minimum absolute atomic E-state index is 0.0636. The zero-order chi connectivity index (χ0) is 24.8. The summed E-state index contributed by atoms with van der Waals surface area (Å²) in [4.78, 5) is 8.84. The summed E-state index contributed by atoms with van der Waals surface area (Å²) in [5.74, 6) is 0.614. The second kappa shape index (κ2) is 8.52. The first kappa shape index (κ1) is 23.9. The van der Waals surface area contributed by atoms with Gasteiger partial charge < -0.3 is 24.7 Å². The molecule has 3 N–H and O–H groups in total. The lowest BCUT2D eigenvalue weighted by Crippen LogP contribution is -2.28. The summed E-state index contributed by atoms with van der Waals surface area (Å²) in [6.07, 6.45) is -2.13. The van der Waals surface area contributed by atoms with Crippen molar-refractivity contribution in [2.75, 3.05) is 7.05 Å². The number of allylic oxidation sites excluding steroid dienone is 1. The van der Waals surface area contributed by atoms with E-state index in [1.807, 2.05) is 18.2 Å². The van der Waals surface area contributed by atoms with E-state index >= 15 is 0 Å². The van der Waals surface area contributed by atoms with Crippen LogP contribution in [0.4, 0.5) is 8.78 Å². The minimum Gasteiger partial charge on any atom is -0.440 e. The standard InChI is InChI=1S/C24H22BrF2N3O4/c1-12-30-21(13-5-8-18-19(9-13)34-24(26,27)33-18)22(32-12)16-10-14(25)6-7-15(16)17(29-4)11-20(28)23(2,3)31/h5-11,31H,28H2,1-4H3. The summed E-state index contributed by atoms with van der Waals surface area (Å²) in [6.45, 7) is 4.85. The quantitative estimate of drug-likeness (QED) is 0.423. The molecule has 0 amide bonds. The van der Waals surface area contributed by atoms with Crippen molar-refractivity contribution in [2.24, 2.45) is 10.7 Å². The van der Waals surface area contributed by atoms with Crippen LogP contribution in [0.2, 0.25) is 0 Å². The van der Waals surface area contributed by atoms with E-state index in [0.717, 1.165) is 4.47 Å². The first-order valence-corrected chi connectivity index (χ1v) is 11.0. The number of ether oxygens (including phenoxy) is 2. The Balaban J connectivity index is 1.87. The van der Waals surface area contributed by atoms with Crippen molar-refractivity contribution < 1.29 is 27.8 Å². The van der Waals surface area contributed by atoms with Crippen LogP contribution in [0, 0.1) is 6.92 Å². The zero-order valence-electron chi connectivity index (χ0n) is 18.8. The number of aliphatic imine (C=N–C) groups is 1. The van der Waals surface area contributed by atoms with Crippen molar-refractivity contribution in [2.45, 2.75) is 32.7 Å². The van der Waals surface area contributed by atoms with Gasteiger partial charge in [-0.25, -0.2) is 4.98 Å². The molecule has 0 radical (unpaired) electrons. The third-order valence-corrected chi connectivity index (χ3v) is 5.64. The van der Waals surface area contributed by atoms with Crippen LogP contribution in [-0.2, 0) is 0 Å². The van der Waals surface area contributed by atoms with E-state index in [9.17, 15) is 13.9 Å². The van der Waals surface area contributed by atoms with Crippen LogP contribution in [0.1, 0.15) is 25.3 Å². The lowest BCUT2D eigenvalue weighted by molar-refractivity contribution is -0.286. The molecule has 4 rings (SSSR count). The van der Waals surface area contributed by atoms with Crippen LogP contribution in [0.15, 0.2) is 62.1 Å². The Morgan fingerprint density at radius 1 is 1.18 bits per heavy atom. The molecule has 0 saturated heterocycles. The fraction of sp³-hybridized carbons (Fsp3) is 0.250. The molecule has 34 heavy (non-hydrogen) atoms. The van der Waals surface area contributed by atoms with E-state index < -0.39 is 11.9 Å². The summed E-state index contributed by atoms with van der Waals surface area (Å²) in [6, 6.07) is 9.92. The van der Waals surface area contributed by atoms with Gasteiger partial charge in [0.2, 0.25) is 0 Å². The van der Waals surface area contributed by atoms with Gasteiger partial charge >= 0.3 is 6.29 Å². The van der Waals surface area contributed by atoms with Crippen molar-refractivity contribution in [3.05, 3.63) is 64.1 Å². The van der Waals surface area contributed by atoms with Gasteiger partial charge in [0.05, 0.1) is 11.3 Å². The number of rotatable bonds is 5. The van der Waals surface area contributed by atoms with Gasteiger partial charge in [0, 0.05) is 40.8 Å². The van der Waals surface area contributed by atoms with Gasteiger partial charge in [0.25, 0.3) is 0 Å². The minimum atomic E-state index is -3.72. The number of fused-ring (bicyclic) bond motifs is 1. The molecule has 3 aromatic rings. The summed E-state index contributed by atoms with van der Waals surface area (Å²) < 4.78 is 42.8. The predicted molar refractivity (Wildman–Crippen MR) is 127 cm³/mol. The van der Waals surface area contributed by atoms with Gasteiger partial charge in [0.1, 0.15) is 5.69 Å². The number of aliphatic hydroxyl groups is 1. The number of hydrogen-bond acceptors (Lipinski definition) is 7. The number of oxazole rings is 1. The number of nitrogens with two attached hydrogens (primary N) is 1. The SMILES string of the molecule is CN=C(C=C(N)C(C)(C)O)c1ccc(Br)cc1-c1oc(C)nc1-c1ccc2c(c1)OC(F)(F)O2. The summed E-state index contributed by atoms with van der Waals surface area (Å²) in [5, 5.41) is 10.3. The number of nitrogens with zero attached hydrogens (tertiary/aromatic N) is 2. The molecule has 1 aliphatic rings. The highest BCUT2D eigenvalue weighted by Gasteiger charge is 2.43. The summed E-state index contributed by atoms with van der Waals surface area (Å²) >= 11 is 3.49. The fourth-order valence-corrected chi connectivity index (χ4v) is 3.78. The maximum absolute atomic E-state index is 13.5. The number of alkyl halides is 2. The van der Waals surface area contributed by atoms with Crippen LogP contribution >= 0.6 is 15.9 Å². The van der Waals surface area contributed by atoms with Crippen molar-refractivity contribution >= 4 is 21.6 Å². The van der Waals surface area contributed by atoms with Gasteiger partial charge in [-0.15, -0.1) is 8.78 Å². The molecule has 0 atom stereocenters. The van der Waals surface area contributed by atoms with Crippen LogP contribution < -0.4 is 15.2 Å². The van der Waals surface area contributed by atoms with Gasteiger partial charge in [-0.1, -0.05) is 22.0 Å². The first-order chi connectivity index (χ1) is 15.9. The van der Waals surface area contributed by atoms with E-state index in [1.54, 1.807) is 40.0 Å². The maximum atomic E-state index is 13.5. The molecule has 10 heteroatoms. The molecule has 0 spiro atoms. The van der Waals surface area contributed by atoms with E-state index in [-0.39, 0.29) is 17.2 Å². The van der Waals surface area contributed by atoms with Crippen molar-refractivity contribution in [3.8, 4) is 34.1 Å².